The van der Waals surface area contributed by atoms with Crippen LogP contribution in [0.4, 0.5) is 0 Å². The standard InChI is InChI=1S/C19H18N2O2/c22-19(20-16-7-8-16)15-6-9-18-14(12-15)10-11-21(18)13-23-17-4-2-1-3-5-17/h1-6,9-12,16H,7-8,13H2,(H,20,22). The van der Waals surface area contributed by atoms with E-state index in [0.29, 0.717) is 18.3 Å². The molecule has 0 saturated heterocycles. The van der Waals surface area contributed by atoms with Gasteiger partial charge in [-0.05, 0) is 49.2 Å². The van der Waals surface area contributed by atoms with Crippen molar-refractivity contribution < 1.29 is 9.53 Å². The zero-order valence-corrected chi connectivity index (χ0v) is 12.7. The third-order valence-electron chi connectivity index (χ3n) is 4.06. The molecule has 1 amide bonds. The van der Waals surface area contributed by atoms with Crippen molar-refractivity contribution in [1.29, 1.82) is 0 Å². The largest absolute Gasteiger partial charge is 0.473 e. The first-order valence-electron chi connectivity index (χ1n) is 7.87. The van der Waals surface area contributed by atoms with Crippen LogP contribution in [0.1, 0.15) is 23.2 Å². The molecule has 0 spiro atoms. The van der Waals surface area contributed by atoms with Gasteiger partial charge < -0.3 is 14.6 Å². The Labute approximate surface area is 134 Å². The van der Waals surface area contributed by atoms with Gasteiger partial charge in [0.15, 0.2) is 6.73 Å². The third-order valence-corrected chi connectivity index (χ3v) is 4.06. The van der Waals surface area contributed by atoms with Crippen LogP contribution in [0.3, 0.4) is 0 Å². The quantitative estimate of drug-likeness (QED) is 0.783. The summed E-state index contributed by atoms with van der Waals surface area (Å²) < 4.78 is 7.81. The molecule has 0 atom stereocenters. The van der Waals surface area contributed by atoms with E-state index in [4.69, 9.17) is 4.74 Å². The number of fused-ring (bicyclic) bond motifs is 1. The molecule has 116 valence electrons. The van der Waals surface area contributed by atoms with Crippen LogP contribution >= 0.6 is 0 Å². The van der Waals surface area contributed by atoms with Gasteiger partial charge in [0, 0.05) is 23.2 Å². The minimum atomic E-state index is 0.0164. The van der Waals surface area contributed by atoms with Crippen LogP contribution in [0, 0.1) is 0 Å². The Morgan fingerprint density at radius 3 is 2.74 bits per heavy atom. The molecule has 3 aromatic rings. The SMILES string of the molecule is O=C(NC1CC1)c1ccc2c(ccn2COc2ccccc2)c1. The molecule has 1 saturated carbocycles. The summed E-state index contributed by atoms with van der Waals surface area (Å²) in [6.45, 7) is 0.446. The van der Waals surface area contributed by atoms with E-state index in [9.17, 15) is 4.79 Å². The van der Waals surface area contributed by atoms with E-state index in [0.717, 1.165) is 29.5 Å². The van der Waals surface area contributed by atoms with Gasteiger partial charge in [-0.2, -0.15) is 0 Å². The molecule has 0 radical (unpaired) electrons. The predicted molar refractivity (Wildman–Crippen MR) is 89.5 cm³/mol. The first kappa shape index (κ1) is 13.9. The Morgan fingerprint density at radius 2 is 1.96 bits per heavy atom. The van der Waals surface area contributed by atoms with Gasteiger partial charge in [-0.15, -0.1) is 0 Å². The highest BCUT2D eigenvalue weighted by molar-refractivity contribution is 5.98. The zero-order chi connectivity index (χ0) is 15.6. The van der Waals surface area contributed by atoms with E-state index in [-0.39, 0.29) is 5.91 Å². The molecule has 4 nitrogen and oxygen atoms in total. The Bertz CT molecular complexity index is 835. The molecule has 1 aliphatic rings. The van der Waals surface area contributed by atoms with Gasteiger partial charge >= 0.3 is 0 Å². The molecular formula is C19H18N2O2. The second kappa shape index (κ2) is 5.80. The lowest BCUT2D eigenvalue weighted by molar-refractivity contribution is 0.0951. The number of para-hydroxylation sites is 1. The van der Waals surface area contributed by atoms with Crippen molar-refractivity contribution in [2.75, 3.05) is 0 Å². The number of carbonyl (C=O) groups excluding carboxylic acids is 1. The molecule has 1 aromatic heterocycles. The van der Waals surface area contributed by atoms with Crippen molar-refractivity contribution in [3.63, 3.8) is 0 Å². The van der Waals surface area contributed by atoms with Crippen LogP contribution in [0.25, 0.3) is 10.9 Å². The normalized spacial score (nSPS) is 13.9. The molecule has 1 heterocycles. The lowest BCUT2D eigenvalue weighted by atomic mass is 10.1. The van der Waals surface area contributed by atoms with E-state index in [1.54, 1.807) is 0 Å². The fourth-order valence-electron chi connectivity index (χ4n) is 2.61. The number of hydrogen-bond acceptors (Lipinski definition) is 2. The van der Waals surface area contributed by atoms with Gasteiger partial charge in [0.25, 0.3) is 5.91 Å². The Morgan fingerprint density at radius 1 is 1.13 bits per heavy atom. The second-order valence-electron chi connectivity index (χ2n) is 5.89. The third kappa shape index (κ3) is 3.06. The molecule has 0 aliphatic heterocycles. The fourth-order valence-corrected chi connectivity index (χ4v) is 2.61. The van der Waals surface area contributed by atoms with Crippen molar-refractivity contribution in [1.82, 2.24) is 9.88 Å². The zero-order valence-electron chi connectivity index (χ0n) is 12.7. The molecule has 1 aliphatic carbocycles. The molecule has 4 rings (SSSR count). The van der Waals surface area contributed by atoms with Crippen LogP contribution in [-0.4, -0.2) is 16.5 Å². The predicted octanol–water partition coefficient (Wildman–Crippen LogP) is 3.57. The highest BCUT2D eigenvalue weighted by Crippen LogP contribution is 2.22. The number of hydrogen-bond donors (Lipinski definition) is 1. The average molecular weight is 306 g/mol. The van der Waals surface area contributed by atoms with E-state index >= 15 is 0 Å². The number of nitrogens with zero attached hydrogens (tertiary/aromatic N) is 1. The Kier molecular flexibility index (Phi) is 3.50. The van der Waals surface area contributed by atoms with Gasteiger partial charge in [-0.1, -0.05) is 18.2 Å². The molecule has 23 heavy (non-hydrogen) atoms. The molecule has 4 heteroatoms. The van der Waals surface area contributed by atoms with E-state index in [2.05, 4.69) is 5.32 Å². The molecule has 1 N–H and O–H groups in total. The highest BCUT2D eigenvalue weighted by Gasteiger charge is 2.23. The summed E-state index contributed by atoms with van der Waals surface area (Å²) >= 11 is 0. The van der Waals surface area contributed by atoms with Crippen LogP contribution in [0.15, 0.2) is 60.8 Å². The first-order valence-corrected chi connectivity index (χ1v) is 7.87. The number of benzene rings is 2. The second-order valence-corrected chi connectivity index (χ2v) is 5.89. The smallest absolute Gasteiger partial charge is 0.251 e. The average Bonchev–Trinajstić information content (AvgIpc) is 3.31. The van der Waals surface area contributed by atoms with Gasteiger partial charge in [-0.25, -0.2) is 0 Å². The van der Waals surface area contributed by atoms with Crippen LogP contribution in [0.2, 0.25) is 0 Å². The molecule has 1 fully saturated rings. The molecule has 2 aromatic carbocycles. The fraction of sp³-hybridized carbons (Fsp3) is 0.211. The van der Waals surface area contributed by atoms with Crippen molar-refractivity contribution >= 4 is 16.8 Å². The first-order chi connectivity index (χ1) is 11.3. The van der Waals surface area contributed by atoms with Crippen LogP contribution < -0.4 is 10.1 Å². The summed E-state index contributed by atoms with van der Waals surface area (Å²) in [6, 6.07) is 17.9. The summed E-state index contributed by atoms with van der Waals surface area (Å²) in [5.41, 5.74) is 1.77. The highest BCUT2D eigenvalue weighted by atomic mass is 16.5. The molecule has 0 bridgehead atoms. The van der Waals surface area contributed by atoms with Crippen molar-refractivity contribution in [2.45, 2.75) is 25.6 Å². The lowest BCUT2D eigenvalue weighted by Crippen LogP contribution is -2.25. The topological polar surface area (TPSA) is 43.3 Å². The number of aromatic nitrogens is 1. The molecule has 0 unspecified atom stereocenters. The molecular weight excluding hydrogens is 288 g/mol. The van der Waals surface area contributed by atoms with Crippen LogP contribution in [0.5, 0.6) is 5.75 Å². The number of ether oxygens (including phenoxy) is 1. The summed E-state index contributed by atoms with van der Waals surface area (Å²) in [7, 11) is 0. The Balaban J connectivity index is 1.51. The van der Waals surface area contributed by atoms with Gasteiger partial charge in [0.05, 0.1) is 5.52 Å². The summed E-state index contributed by atoms with van der Waals surface area (Å²) in [4.78, 5) is 12.1. The van der Waals surface area contributed by atoms with Gasteiger partial charge in [-0.3, -0.25) is 4.79 Å². The lowest BCUT2D eigenvalue weighted by Gasteiger charge is -2.09. The summed E-state index contributed by atoms with van der Waals surface area (Å²) in [5, 5.41) is 4.06. The van der Waals surface area contributed by atoms with Gasteiger partial charge in [0.1, 0.15) is 5.75 Å². The maximum Gasteiger partial charge on any atom is 0.251 e. The summed E-state index contributed by atoms with van der Waals surface area (Å²) in [6.07, 6.45) is 4.18. The minimum Gasteiger partial charge on any atom is -0.473 e. The van der Waals surface area contributed by atoms with Gasteiger partial charge in [0.2, 0.25) is 0 Å². The summed E-state index contributed by atoms with van der Waals surface area (Å²) in [5.74, 6) is 0.859. The maximum absolute atomic E-state index is 12.1. The van der Waals surface area contributed by atoms with E-state index in [1.165, 1.54) is 0 Å². The van der Waals surface area contributed by atoms with Crippen LogP contribution in [-0.2, 0) is 6.73 Å². The van der Waals surface area contributed by atoms with Crippen molar-refractivity contribution in [3.8, 4) is 5.75 Å². The number of amides is 1. The van der Waals surface area contributed by atoms with Crippen molar-refractivity contribution in [3.05, 3.63) is 66.4 Å². The minimum absolute atomic E-state index is 0.0164. The number of nitrogens with one attached hydrogen (secondary N) is 1. The van der Waals surface area contributed by atoms with Crippen molar-refractivity contribution in [2.24, 2.45) is 0 Å². The maximum atomic E-state index is 12.1. The number of carbonyl (C=O) groups is 1. The number of rotatable bonds is 5. The monoisotopic (exact) mass is 306 g/mol. The Hall–Kier alpha value is -2.75. The van der Waals surface area contributed by atoms with E-state index < -0.39 is 0 Å². The van der Waals surface area contributed by atoms with E-state index in [1.807, 2.05) is 65.4 Å².